The molecule has 0 amide bonds. The molecule has 1 aromatic heterocycles. The third-order valence-corrected chi connectivity index (χ3v) is 4.22. The number of thioether (sulfide) groups is 1. The van der Waals surface area contributed by atoms with Crippen LogP contribution >= 0.6 is 11.8 Å². The van der Waals surface area contributed by atoms with Gasteiger partial charge in [0, 0.05) is 12.5 Å². The van der Waals surface area contributed by atoms with Crippen molar-refractivity contribution >= 4 is 11.8 Å². The highest BCUT2D eigenvalue weighted by molar-refractivity contribution is 7.99. The van der Waals surface area contributed by atoms with Gasteiger partial charge in [0.25, 0.3) is 0 Å². The number of nitrogens with two attached hydrogens (primary N) is 1. The highest BCUT2D eigenvalue weighted by Gasteiger charge is 2.21. The van der Waals surface area contributed by atoms with E-state index in [2.05, 4.69) is 11.9 Å². The lowest BCUT2D eigenvalue weighted by atomic mass is 10.1. The summed E-state index contributed by atoms with van der Waals surface area (Å²) < 4.78 is 5.54. The van der Waals surface area contributed by atoms with Crippen molar-refractivity contribution in [1.82, 2.24) is 4.98 Å². The molecule has 1 aliphatic rings. The SMILES string of the molecule is CC(CN)c1coc(C2CCCCS2)n1. The van der Waals surface area contributed by atoms with Crippen molar-refractivity contribution < 1.29 is 4.42 Å². The average molecular weight is 226 g/mol. The van der Waals surface area contributed by atoms with Gasteiger partial charge in [-0.2, -0.15) is 0 Å². The van der Waals surface area contributed by atoms with Crippen LogP contribution < -0.4 is 5.73 Å². The fraction of sp³-hybridized carbons (Fsp3) is 0.727. The highest BCUT2D eigenvalue weighted by Crippen LogP contribution is 2.38. The first-order valence-electron chi connectivity index (χ1n) is 5.58. The predicted molar refractivity (Wildman–Crippen MR) is 63.0 cm³/mol. The molecule has 1 aromatic rings. The van der Waals surface area contributed by atoms with Crippen molar-refractivity contribution in [3.8, 4) is 0 Å². The van der Waals surface area contributed by atoms with Gasteiger partial charge in [0.1, 0.15) is 6.26 Å². The smallest absolute Gasteiger partial charge is 0.207 e. The summed E-state index contributed by atoms with van der Waals surface area (Å²) in [5.74, 6) is 2.43. The van der Waals surface area contributed by atoms with Gasteiger partial charge in [-0.15, -0.1) is 11.8 Å². The first-order valence-corrected chi connectivity index (χ1v) is 6.63. The Labute approximate surface area is 94.8 Å². The summed E-state index contributed by atoms with van der Waals surface area (Å²) in [6.07, 6.45) is 5.58. The van der Waals surface area contributed by atoms with Gasteiger partial charge in [0.05, 0.1) is 10.9 Å². The number of hydrogen-bond acceptors (Lipinski definition) is 4. The van der Waals surface area contributed by atoms with E-state index in [1.807, 2.05) is 11.8 Å². The van der Waals surface area contributed by atoms with Crippen LogP contribution in [0.4, 0.5) is 0 Å². The molecule has 0 aromatic carbocycles. The van der Waals surface area contributed by atoms with Gasteiger partial charge in [-0.1, -0.05) is 13.3 Å². The Morgan fingerprint density at radius 3 is 3.20 bits per heavy atom. The summed E-state index contributed by atoms with van der Waals surface area (Å²) in [6.45, 7) is 2.71. The van der Waals surface area contributed by atoms with Gasteiger partial charge in [0.2, 0.25) is 5.89 Å². The number of aromatic nitrogens is 1. The van der Waals surface area contributed by atoms with Gasteiger partial charge in [-0.05, 0) is 18.6 Å². The maximum Gasteiger partial charge on any atom is 0.207 e. The van der Waals surface area contributed by atoms with Crippen LogP contribution in [0.2, 0.25) is 0 Å². The van der Waals surface area contributed by atoms with Crippen LogP contribution in [0.25, 0.3) is 0 Å². The highest BCUT2D eigenvalue weighted by atomic mass is 32.2. The van der Waals surface area contributed by atoms with E-state index >= 15 is 0 Å². The predicted octanol–water partition coefficient (Wildman–Crippen LogP) is 2.70. The van der Waals surface area contributed by atoms with Crippen LogP contribution in [-0.2, 0) is 0 Å². The van der Waals surface area contributed by atoms with E-state index in [-0.39, 0.29) is 0 Å². The van der Waals surface area contributed by atoms with E-state index in [4.69, 9.17) is 10.2 Å². The van der Waals surface area contributed by atoms with Crippen LogP contribution in [0.1, 0.15) is 48.9 Å². The van der Waals surface area contributed by atoms with Gasteiger partial charge in [-0.3, -0.25) is 0 Å². The molecule has 0 radical (unpaired) electrons. The first-order chi connectivity index (χ1) is 7.31. The second-order valence-corrected chi connectivity index (χ2v) is 5.41. The Morgan fingerprint density at radius 1 is 1.67 bits per heavy atom. The maximum absolute atomic E-state index is 5.60. The summed E-state index contributed by atoms with van der Waals surface area (Å²) in [5.41, 5.74) is 6.60. The minimum Gasteiger partial charge on any atom is -0.447 e. The van der Waals surface area contributed by atoms with E-state index < -0.39 is 0 Å². The molecule has 2 atom stereocenters. The Morgan fingerprint density at radius 2 is 2.53 bits per heavy atom. The van der Waals surface area contributed by atoms with Crippen molar-refractivity contribution in [1.29, 1.82) is 0 Å². The summed E-state index contributed by atoms with van der Waals surface area (Å²) in [5, 5.41) is 0.470. The fourth-order valence-corrected chi connectivity index (χ4v) is 2.97. The summed E-state index contributed by atoms with van der Waals surface area (Å²) in [7, 11) is 0. The molecular formula is C11H18N2OS. The first kappa shape index (κ1) is 11.0. The number of oxazole rings is 1. The summed E-state index contributed by atoms with van der Waals surface area (Å²) in [6, 6.07) is 0. The molecular weight excluding hydrogens is 208 g/mol. The van der Waals surface area contributed by atoms with Crippen molar-refractivity contribution in [3.63, 3.8) is 0 Å². The Kier molecular flexibility index (Phi) is 3.70. The Bertz CT molecular complexity index is 307. The molecule has 1 fully saturated rings. The van der Waals surface area contributed by atoms with Crippen molar-refractivity contribution in [2.75, 3.05) is 12.3 Å². The van der Waals surface area contributed by atoms with E-state index in [0.717, 1.165) is 11.6 Å². The molecule has 1 saturated heterocycles. The number of nitrogens with zero attached hydrogens (tertiary/aromatic N) is 1. The van der Waals surface area contributed by atoms with E-state index in [1.165, 1.54) is 25.0 Å². The lowest BCUT2D eigenvalue weighted by Crippen LogP contribution is -2.09. The third kappa shape index (κ3) is 2.55. The molecule has 2 unspecified atom stereocenters. The molecule has 84 valence electrons. The van der Waals surface area contributed by atoms with Gasteiger partial charge >= 0.3 is 0 Å². The summed E-state index contributed by atoms with van der Waals surface area (Å²) in [4.78, 5) is 4.54. The van der Waals surface area contributed by atoms with Gasteiger partial charge in [-0.25, -0.2) is 4.98 Å². The van der Waals surface area contributed by atoms with E-state index in [0.29, 0.717) is 17.7 Å². The van der Waals surface area contributed by atoms with Crippen molar-refractivity contribution in [2.45, 2.75) is 37.4 Å². The quantitative estimate of drug-likeness (QED) is 0.861. The second kappa shape index (κ2) is 5.03. The van der Waals surface area contributed by atoms with Crippen LogP contribution in [0.15, 0.2) is 10.7 Å². The van der Waals surface area contributed by atoms with Crippen LogP contribution in [0.3, 0.4) is 0 Å². The largest absolute Gasteiger partial charge is 0.447 e. The average Bonchev–Trinajstić information content (AvgIpc) is 2.78. The molecule has 15 heavy (non-hydrogen) atoms. The van der Waals surface area contributed by atoms with Crippen LogP contribution in [0.5, 0.6) is 0 Å². The zero-order valence-corrected chi connectivity index (χ0v) is 9.93. The lowest BCUT2D eigenvalue weighted by molar-refractivity contribution is 0.473. The number of rotatable bonds is 3. The molecule has 2 heterocycles. The Hall–Kier alpha value is -0.480. The fourth-order valence-electron chi connectivity index (χ4n) is 1.73. The standard InChI is InChI=1S/C11H18N2OS/c1-8(6-12)9-7-14-11(13-9)10-4-2-3-5-15-10/h7-8,10H,2-6,12H2,1H3. The molecule has 0 aliphatic carbocycles. The van der Waals surface area contributed by atoms with E-state index in [1.54, 1.807) is 6.26 Å². The molecule has 0 spiro atoms. The van der Waals surface area contributed by atoms with Crippen LogP contribution in [0, 0.1) is 0 Å². The minimum absolute atomic E-state index is 0.302. The van der Waals surface area contributed by atoms with Crippen molar-refractivity contribution in [2.24, 2.45) is 5.73 Å². The zero-order valence-electron chi connectivity index (χ0n) is 9.11. The molecule has 2 N–H and O–H groups in total. The molecule has 4 heteroatoms. The molecule has 1 aliphatic heterocycles. The molecule has 3 nitrogen and oxygen atoms in total. The minimum atomic E-state index is 0.302. The monoisotopic (exact) mass is 226 g/mol. The van der Waals surface area contributed by atoms with Gasteiger partial charge < -0.3 is 10.2 Å². The molecule has 0 saturated carbocycles. The Balaban J connectivity index is 2.05. The van der Waals surface area contributed by atoms with Gasteiger partial charge in [0.15, 0.2) is 0 Å². The topological polar surface area (TPSA) is 52.0 Å². The van der Waals surface area contributed by atoms with E-state index in [9.17, 15) is 0 Å². The maximum atomic E-state index is 5.60. The summed E-state index contributed by atoms with van der Waals surface area (Å²) >= 11 is 1.96. The number of hydrogen-bond donors (Lipinski definition) is 1. The van der Waals surface area contributed by atoms with Crippen LogP contribution in [-0.4, -0.2) is 17.3 Å². The molecule has 0 bridgehead atoms. The molecule has 2 rings (SSSR count). The zero-order chi connectivity index (χ0) is 10.7. The van der Waals surface area contributed by atoms with Crippen molar-refractivity contribution in [3.05, 3.63) is 17.8 Å². The normalized spacial score (nSPS) is 24.0. The second-order valence-electron chi connectivity index (χ2n) is 4.10. The lowest BCUT2D eigenvalue weighted by Gasteiger charge is -2.17. The third-order valence-electron chi connectivity index (χ3n) is 2.85.